The van der Waals surface area contributed by atoms with E-state index in [1.807, 2.05) is 0 Å². The molecule has 0 saturated heterocycles. The first kappa shape index (κ1) is 8.38. The van der Waals surface area contributed by atoms with E-state index in [9.17, 15) is 3.74 Å². The Bertz CT molecular complexity index is 145. The molecule has 1 fully saturated rings. The Morgan fingerprint density at radius 2 is 1.60 bits per heavy atom. The molecule has 1 aliphatic carbocycles. The monoisotopic (exact) mass is 208 g/mol. The van der Waals surface area contributed by atoms with Gasteiger partial charge in [-0.05, 0) is 0 Å². The Labute approximate surface area is 63.4 Å². The van der Waals surface area contributed by atoms with E-state index in [0.717, 1.165) is 32.1 Å². The van der Waals surface area contributed by atoms with Gasteiger partial charge in [0.2, 0.25) is 0 Å². The molecule has 0 atom stereocenters. The van der Waals surface area contributed by atoms with Crippen molar-refractivity contribution in [3.63, 3.8) is 0 Å². The Kier molecular flexibility index (Phi) is 2.61. The molecule has 0 aromatic carbocycles. The van der Waals surface area contributed by atoms with E-state index in [0.29, 0.717) is 0 Å². The molecule has 3 nitrogen and oxygen atoms in total. The van der Waals surface area contributed by atoms with Crippen molar-refractivity contribution < 1.29 is 11.9 Å². The molecule has 1 aliphatic rings. The first-order valence-corrected chi connectivity index (χ1v) is 7.19. The van der Waals surface area contributed by atoms with Crippen LogP contribution >= 0.6 is 0 Å². The summed E-state index contributed by atoms with van der Waals surface area (Å²) in [5.74, 6) is 0. The minimum atomic E-state index is -4.32. The first-order chi connectivity index (χ1) is 4.61. The first-order valence-electron chi connectivity index (χ1n) is 3.66. The van der Waals surface area contributed by atoms with Gasteiger partial charge in [0, 0.05) is 0 Å². The maximum absolute atomic E-state index is 10.7. The molecule has 0 aromatic rings. The normalized spacial score (nSPS) is 23.0. The van der Waals surface area contributed by atoms with Crippen LogP contribution < -0.4 is 0 Å². The molecule has 10 heavy (non-hydrogen) atoms. The van der Waals surface area contributed by atoms with Crippen LogP contribution in [0, 0.1) is 0 Å². The molecule has 2 N–H and O–H groups in total. The second-order valence-electron chi connectivity index (χ2n) is 2.88. The molecule has 0 spiro atoms. The van der Waals surface area contributed by atoms with Gasteiger partial charge in [0.1, 0.15) is 0 Å². The maximum atomic E-state index is 10.7. The van der Waals surface area contributed by atoms with Crippen LogP contribution in [-0.2, 0) is 3.74 Å². The van der Waals surface area contributed by atoms with Crippen molar-refractivity contribution in [2.75, 3.05) is 0 Å². The van der Waals surface area contributed by atoms with E-state index in [-0.39, 0.29) is 4.71 Å². The van der Waals surface area contributed by atoms with Crippen LogP contribution in [0.25, 0.3) is 0 Å². The van der Waals surface area contributed by atoms with E-state index in [1.54, 1.807) is 0 Å². The zero-order valence-electron chi connectivity index (χ0n) is 5.86. The Morgan fingerprint density at radius 3 is 1.90 bits per heavy atom. The molecule has 0 amide bonds. The van der Waals surface area contributed by atoms with Crippen LogP contribution in [0.3, 0.4) is 0 Å². The van der Waals surface area contributed by atoms with E-state index in [1.165, 1.54) is 0 Å². The van der Waals surface area contributed by atoms with Crippen LogP contribution in [-0.4, -0.2) is 22.4 Å². The molecule has 1 saturated carbocycles. The van der Waals surface area contributed by atoms with E-state index in [2.05, 4.69) is 0 Å². The van der Waals surface area contributed by atoms with Crippen LogP contribution in [0.2, 0.25) is 4.71 Å². The fourth-order valence-corrected chi connectivity index (χ4v) is 3.59. The van der Waals surface area contributed by atoms with Crippen LogP contribution in [0.15, 0.2) is 0 Å². The second-order valence-corrected chi connectivity index (χ2v) is 6.89. The molecule has 0 bridgehead atoms. The van der Waals surface area contributed by atoms with Gasteiger partial charge >= 0.3 is 62.9 Å². The molecular formula is C6H13AsO3. The van der Waals surface area contributed by atoms with Gasteiger partial charge in [-0.15, -0.1) is 0 Å². The van der Waals surface area contributed by atoms with Crippen molar-refractivity contribution in [3.8, 4) is 0 Å². The van der Waals surface area contributed by atoms with Crippen molar-refractivity contribution in [1.82, 2.24) is 0 Å². The Morgan fingerprint density at radius 1 is 1.10 bits per heavy atom. The summed E-state index contributed by atoms with van der Waals surface area (Å²) < 4.78 is 28.1. The summed E-state index contributed by atoms with van der Waals surface area (Å²) in [6.45, 7) is 0. The average molecular weight is 208 g/mol. The van der Waals surface area contributed by atoms with Gasteiger partial charge in [0.05, 0.1) is 0 Å². The predicted molar refractivity (Wildman–Crippen MR) is 37.7 cm³/mol. The standard InChI is InChI=1S/C6H13AsO3/c8-7(9,10)6-4-2-1-3-5-6/h6H,1-5H2,(H2,8,9,10). The fourth-order valence-electron chi connectivity index (χ4n) is 1.42. The topological polar surface area (TPSA) is 57.5 Å². The van der Waals surface area contributed by atoms with Crippen LogP contribution in [0.4, 0.5) is 0 Å². The third kappa shape index (κ3) is 2.15. The van der Waals surface area contributed by atoms with Gasteiger partial charge in [-0.25, -0.2) is 0 Å². The van der Waals surface area contributed by atoms with Crippen LogP contribution in [0.5, 0.6) is 0 Å². The summed E-state index contributed by atoms with van der Waals surface area (Å²) in [5, 5.41) is 0. The summed E-state index contributed by atoms with van der Waals surface area (Å²) >= 11 is -4.32. The fraction of sp³-hybridized carbons (Fsp3) is 1.00. The van der Waals surface area contributed by atoms with E-state index >= 15 is 0 Å². The Balaban J connectivity index is 2.47. The zero-order chi connectivity index (χ0) is 7.61. The molecule has 0 heterocycles. The zero-order valence-corrected chi connectivity index (χ0v) is 7.74. The second kappa shape index (κ2) is 3.12. The van der Waals surface area contributed by atoms with Gasteiger partial charge in [-0.1, -0.05) is 0 Å². The third-order valence-electron chi connectivity index (χ3n) is 2.05. The molecule has 0 aliphatic heterocycles. The number of rotatable bonds is 1. The van der Waals surface area contributed by atoms with E-state index < -0.39 is 14.2 Å². The summed E-state index contributed by atoms with van der Waals surface area (Å²) in [6.07, 6.45) is 4.62. The van der Waals surface area contributed by atoms with Crippen molar-refractivity contribution in [3.05, 3.63) is 0 Å². The van der Waals surface area contributed by atoms with Crippen molar-refractivity contribution in [2.24, 2.45) is 0 Å². The van der Waals surface area contributed by atoms with Gasteiger partial charge in [-0.2, -0.15) is 0 Å². The van der Waals surface area contributed by atoms with E-state index in [4.69, 9.17) is 8.19 Å². The van der Waals surface area contributed by atoms with Crippen molar-refractivity contribution in [1.29, 1.82) is 0 Å². The predicted octanol–water partition coefficient (Wildman–Crippen LogP) is 0.675. The summed E-state index contributed by atoms with van der Waals surface area (Å²) in [4.78, 5) is 0. The van der Waals surface area contributed by atoms with Crippen LogP contribution in [0.1, 0.15) is 32.1 Å². The van der Waals surface area contributed by atoms with Gasteiger partial charge in [0.15, 0.2) is 0 Å². The molecule has 1 rings (SSSR count). The van der Waals surface area contributed by atoms with Gasteiger partial charge in [0.25, 0.3) is 0 Å². The quantitative estimate of drug-likeness (QED) is 0.623. The molecule has 0 aromatic heterocycles. The summed E-state index contributed by atoms with van der Waals surface area (Å²) in [5.41, 5.74) is 0. The van der Waals surface area contributed by atoms with Crippen molar-refractivity contribution in [2.45, 2.75) is 36.8 Å². The molecule has 60 valence electrons. The average Bonchev–Trinajstić information content (AvgIpc) is 1.88. The SMILES string of the molecule is O=[As](O)(O)C1CCCCC1. The van der Waals surface area contributed by atoms with Gasteiger partial charge in [-0.3, -0.25) is 0 Å². The third-order valence-corrected chi connectivity index (χ3v) is 5.13. The molecule has 0 unspecified atom stereocenters. The minimum absolute atomic E-state index is 0.271. The number of hydrogen-bond acceptors (Lipinski definition) is 1. The Hall–Kier alpha value is 0.278. The molecular weight excluding hydrogens is 195 g/mol. The summed E-state index contributed by atoms with van der Waals surface area (Å²) in [7, 11) is 0. The number of hydrogen-bond donors (Lipinski definition) is 2. The molecule has 0 radical (unpaired) electrons. The van der Waals surface area contributed by atoms with Crippen molar-refractivity contribution >= 4 is 14.2 Å². The van der Waals surface area contributed by atoms with Gasteiger partial charge < -0.3 is 0 Å². The summed E-state index contributed by atoms with van der Waals surface area (Å²) in [6, 6.07) is 0. The molecule has 4 heteroatoms.